The minimum Gasteiger partial charge on any atom is -0.363 e. The second-order valence-corrected chi connectivity index (χ2v) is 5.53. The van der Waals surface area contributed by atoms with Gasteiger partial charge in [0.1, 0.15) is 5.82 Å². The van der Waals surface area contributed by atoms with Crippen molar-refractivity contribution in [2.75, 3.05) is 17.7 Å². The van der Waals surface area contributed by atoms with Crippen molar-refractivity contribution in [1.82, 2.24) is 10.2 Å². The van der Waals surface area contributed by atoms with Crippen LogP contribution in [0.2, 0.25) is 0 Å². The topological polar surface area (TPSA) is 66.9 Å². The Balaban J connectivity index is 2.21. The maximum Gasteiger partial charge on any atom is 0.286 e. The van der Waals surface area contributed by atoms with Crippen LogP contribution in [-0.2, 0) is 0 Å². The first-order valence-corrected chi connectivity index (χ1v) is 6.90. The number of benzene rings is 1. The average molecular weight is 345 g/mol. The van der Waals surface area contributed by atoms with Crippen LogP contribution in [0.4, 0.5) is 15.2 Å². The second kappa shape index (κ2) is 5.62. The minimum absolute atomic E-state index is 0.215. The van der Waals surface area contributed by atoms with Gasteiger partial charge in [-0.05, 0) is 40.5 Å². The zero-order valence-electron chi connectivity index (χ0n) is 10.1. The summed E-state index contributed by atoms with van der Waals surface area (Å²) in [6.45, 7) is 1.78. The van der Waals surface area contributed by atoms with Gasteiger partial charge in [-0.2, -0.15) is 0 Å². The summed E-state index contributed by atoms with van der Waals surface area (Å²) < 4.78 is 13.8. The van der Waals surface area contributed by atoms with Crippen LogP contribution in [0.3, 0.4) is 0 Å². The molecule has 2 N–H and O–H groups in total. The van der Waals surface area contributed by atoms with Crippen molar-refractivity contribution >= 4 is 44.0 Å². The van der Waals surface area contributed by atoms with E-state index in [0.717, 1.165) is 16.9 Å². The van der Waals surface area contributed by atoms with Crippen LogP contribution >= 0.6 is 27.3 Å². The van der Waals surface area contributed by atoms with E-state index in [9.17, 15) is 9.18 Å². The van der Waals surface area contributed by atoms with Gasteiger partial charge in [-0.3, -0.25) is 4.79 Å². The Kier molecular flexibility index (Phi) is 4.11. The molecule has 0 bridgehead atoms. The molecule has 0 radical (unpaired) electrons. The summed E-state index contributed by atoms with van der Waals surface area (Å²) in [5.41, 5.74) is 1.16. The van der Waals surface area contributed by atoms with Crippen molar-refractivity contribution in [3.63, 3.8) is 0 Å². The van der Waals surface area contributed by atoms with Gasteiger partial charge < -0.3 is 10.6 Å². The molecule has 0 unspecified atom stereocenters. The van der Waals surface area contributed by atoms with E-state index < -0.39 is 11.7 Å². The number of aryl methyl sites for hydroxylation is 1. The van der Waals surface area contributed by atoms with Crippen molar-refractivity contribution < 1.29 is 9.18 Å². The molecule has 2 rings (SSSR count). The van der Waals surface area contributed by atoms with Gasteiger partial charge in [0.05, 0.1) is 4.47 Å². The highest BCUT2D eigenvalue weighted by molar-refractivity contribution is 9.10. The number of hydrogen-bond acceptors (Lipinski definition) is 5. The Morgan fingerprint density at radius 2 is 2.16 bits per heavy atom. The molecule has 1 aromatic heterocycles. The first-order chi connectivity index (χ1) is 9.01. The SMILES string of the molecule is CNc1nnc(C(=O)Nc2cc(F)c(Br)cc2C)s1. The van der Waals surface area contributed by atoms with Crippen molar-refractivity contribution in [2.45, 2.75) is 6.92 Å². The number of halogens is 2. The van der Waals surface area contributed by atoms with Gasteiger partial charge in [0.25, 0.3) is 5.91 Å². The number of nitrogens with one attached hydrogen (secondary N) is 2. The third kappa shape index (κ3) is 3.07. The Morgan fingerprint density at radius 3 is 2.79 bits per heavy atom. The number of carbonyl (C=O) groups is 1. The minimum atomic E-state index is -0.436. The molecule has 0 fully saturated rings. The Labute approximate surface area is 121 Å². The molecule has 0 saturated heterocycles. The normalized spacial score (nSPS) is 10.3. The molecular weight excluding hydrogens is 335 g/mol. The monoisotopic (exact) mass is 344 g/mol. The van der Waals surface area contributed by atoms with Crippen LogP contribution in [0.15, 0.2) is 16.6 Å². The van der Waals surface area contributed by atoms with Gasteiger partial charge in [0, 0.05) is 12.7 Å². The van der Waals surface area contributed by atoms with Gasteiger partial charge in [-0.15, -0.1) is 10.2 Å². The number of amides is 1. The molecule has 1 amide bonds. The van der Waals surface area contributed by atoms with Crippen molar-refractivity contribution in [2.24, 2.45) is 0 Å². The van der Waals surface area contributed by atoms with Crippen LogP contribution in [0.5, 0.6) is 0 Å². The largest absolute Gasteiger partial charge is 0.363 e. The summed E-state index contributed by atoms with van der Waals surface area (Å²) in [6.07, 6.45) is 0. The third-order valence-corrected chi connectivity index (χ3v) is 3.90. The maximum absolute atomic E-state index is 13.4. The lowest BCUT2D eigenvalue weighted by Gasteiger charge is -2.07. The molecule has 5 nitrogen and oxygen atoms in total. The quantitative estimate of drug-likeness (QED) is 0.897. The lowest BCUT2D eigenvalue weighted by molar-refractivity contribution is 0.102. The summed E-state index contributed by atoms with van der Waals surface area (Å²) in [7, 11) is 1.69. The highest BCUT2D eigenvalue weighted by Gasteiger charge is 2.14. The Morgan fingerprint density at radius 1 is 1.42 bits per heavy atom. The van der Waals surface area contributed by atoms with Gasteiger partial charge in [0.2, 0.25) is 10.1 Å². The summed E-state index contributed by atoms with van der Waals surface area (Å²) in [6, 6.07) is 2.86. The van der Waals surface area contributed by atoms with E-state index in [2.05, 4.69) is 36.8 Å². The summed E-state index contributed by atoms with van der Waals surface area (Å²) in [5, 5.41) is 13.7. The maximum atomic E-state index is 13.4. The second-order valence-electron chi connectivity index (χ2n) is 3.70. The Hall–Kier alpha value is -1.54. The molecule has 0 aliphatic carbocycles. The van der Waals surface area contributed by atoms with Crippen LogP contribution in [0, 0.1) is 12.7 Å². The molecule has 0 atom stereocenters. The van der Waals surface area contributed by atoms with E-state index in [1.54, 1.807) is 20.0 Å². The molecule has 0 saturated carbocycles. The predicted octanol–water partition coefficient (Wildman–Crippen LogP) is 3.04. The third-order valence-electron chi connectivity index (χ3n) is 2.35. The van der Waals surface area contributed by atoms with E-state index in [0.29, 0.717) is 15.3 Å². The van der Waals surface area contributed by atoms with E-state index in [4.69, 9.17) is 0 Å². The number of rotatable bonds is 3. The van der Waals surface area contributed by atoms with Crippen molar-refractivity contribution in [3.05, 3.63) is 33.0 Å². The highest BCUT2D eigenvalue weighted by atomic mass is 79.9. The van der Waals surface area contributed by atoms with Gasteiger partial charge in [-0.1, -0.05) is 11.3 Å². The van der Waals surface area contributed by atoms with Crippen molar-refractivity contribution in [1.29, 1.82) is 0 Å². The molecule has 8 heteroatoms. The van der Waals surface area contributed by atoms with Gasteiger partial charge in [-0.25, -0.2) is 4.39 Å². The number of hydrogen-bond donors (Lipinski definition) is 2. The molecule has 100 valence electrons. The van der Waals surface area contributed by atoms with Crippen LogP contribution in [0.1, 0.15) is 15.4 Å². The number of nitrogens with zero attached hydrogens (tertiary/aromatic N) is 2. The number of anilines is 2. The molecule has 1 aromatic carbocycles. The average Bonchev–Trinajstić information content (AvgIpc) is 2.84. The first kappa shape index (κ1) is 13.9. The summed E-state index contributed by atoms with van der Waals surface area (Å²) in [5.74, 6) is -0.849. The number of aromatic nitrogens is 2. The lowest BCUT2D eigenvalue weighted by Crippen LogP contribution is -2.12. The number of carbonyl (C=O) groups excluding carboxylic acids is 1. The fourth-order valence-electron chi connectivity index (χ4n) is 1.37. The fraction of sp³-hybridized carbons (Fsp3) is 0.182. The molecule has 2 aromatic rings. The molecule has 0 aliphatic heterocycles. The molecule has 0 aliphatic rings. The predicted molar refractivity (Wildman–Crippen MR) is 76.2 cm³/mol. The van der Waals surface area contributed by atoms with E-state index in [1.807, 2.05) is 0 Å². The fourth-order valence-corrected chi connectivity index (χ4v) is 2.42. The van der Waals surface area contributed by atoms with E-state index in [-0.39, 0.29) is 5.01 Å². The van der Waals surface area contributed by atoms with E-state index >= 15 is 0 Å². The lowest BCUT2D eigenvalue weighted by atomic mass is 10.2. The van der Waals surface area contributed by atoms with Crippen LogP contribution < -0.4 is 10.6 Å². The van der Waals surface area contributed by atoms with Gasteiger partial charge in [0.15, 0.2) is 0 Å². The first-order valence-electron chi connectivity index (χ1n) is 5.29. The smallest absolute Gasteiger partial charge is 0.286 e. The highest BCUT2D eigenvalue weighted by Crippen LogP contribution is 2.25. The van der Waals surface area contributed by atoms with Gasteiger partial charge >= 0.3 is 0 Å². The summed E-state index contributed by atoms with van der Waals surface area (Å²) >= 11 is 4.21. The molecular formula is C11H10BrFN4OS. The zero-order chi connectivity index (χ0) is 14.0. The summed E-state index contributed by atoms with van der Waals surface area (Å²) in [4.78, 5) is 11.9. The van der Waals surface area contributed by atoms with E-state index in [1.165, 1.54) is 6.07 Å². The molecule has 1 heterocycles. The van der Waals surface area contributed by atoms with Crippen LogP contribution in [0.25, 0.3) is 0 Å². The van der Waals surface area contributed by atoms with Crippen molar-refractivity contribution in [3.8, 4) is 0 Å². The zero-order valence-corrected chi connectivity index (χ0v) is 12.5. The standard InChI is InChI=1S/C11H10BrFN4OS/c1-5-3-6(12)7(13)4-8(5)15-9(18)10-16-17-11(14-2)19-10/h3-4H,1-2H3,(H,14,17)(H,15,18). The molecule has 0 spiro atoms. The Bertz CT molecular complexity index is 631. The molecule has 19 heavy (non-hydrogen) atoms. The van der Waals surface area contributed by atoms with Crippen LogP contribution in [-0.4, -0.2) is 23.2 Å².